The molecule has 5 nitrogen and oxygen atoms in total. The minimum atomic E-state index is -3.63. The van der Waals surface area contributed by atoms with E-state index in [0.717, 1.165) is 6.26 Å². The van der Waals surface area contributed by atoms with E-state index in [9.17, 15) is 17.6 Å². The van der Waals surface area contributed by atoms with Crippen molar-refractivity contribution in [2.24, 2.45) is 5.73 Å². The van der Waals surface area contributed by atoms with E-state index in [1.54, 1.807) is 4.72 Å². The molecule has 0 aliphatic rings. The van der Waals surface area contributed by atoms with Crippen LogP contribution in [0, 0.1) is 0 Å². The van der Waals surface area contributed by atoms with Crippen LogP contribution in [-0.2, 0) is 14.8 Å². The molecule has 0 saturated carbocycles. The van der Waals surface area contributed by atoms with Gasteiger partial charge >= 0.3 is 0 Å². The Bertz CT molecular complexity index is 307. The van der Waals surface area contributed by atoms with Crippen LogP contribution in [0.2, 0.25) is 0 Å². The highest BCUT2D eigenvalue weighted by Gasteiger charge is 2.25. The highest BCUT2D eigenvalue weighted by atomic mass is 32.2. The summed E-state index contributed by atoms with van der Waals surface area (Å²) < 4.78 is 36.0. The molecule has 0 aliphatic carbocycles. The molecule has 0 spiro atoms. The van der Waals surface area contributed by atoms with Crippen molar-refractivity contribution in [2.75, 3.05) is 6.26 Å². The van der Waals surface area contributed by atoms with Crippen molar-refractivity contribution < 1.29 is 17.6 Å². The molecule has 0 rings (SSSR count). The van der Waals surface area contributed by atoms with Crippen molar-refractivity contribution in [3.8, 4) is 0 Å². The van der Waals surface area contributed by atoms with Gasteiger partial charge in [0, 0.05) is 6.42 Å². The van der Waals surface area contributed by atoms with E-state index < -0.39 is 27.6 Å². The lowest BCUT2D eigenvalue weighted by Gasteiger charge is -2.18. The van der Waals surface area contributed by atoms with E-state index in [1.165, 1.54) is 13.8 Å². The van der Waals surface area contributed by atoms with Crippen molar-refractivity contribution in [1.29, 1.82) is 0 Å². The second-order valence-electron chi connectivity index (χ2n) is 3.77. The Hall–Kier alpha value is -0.690. The van der Waals surface area contributed by atoms with Gasteiger partial charge in [0.1, 0.15) is 5.67 Å². The number of hydrogen-bond donors (Lipinski definition) is 2. The van der Waals surface area contributed by atoms with Gasteiger partial charge in [0.05, 0.1) is 12.3 Å². The van der Waals surface area contributed by atoms with Crippen LogP contribution in [0.15, 0.2) is 0 Å². The van der Waals surface area contributed by atoms with Gasteiger partial charge in [-0.3, -0.25) is 9.52 Å². The summed E-state index contributed by atoms with van der Waals surface area (Å²) in [4.78, 5) is 11.1. The molecule has 0 radical (unpaired) electrons. The molecule has 84 valence electrons. The molecule has 1 amide bonds. The number of sulfonamides is 1. The molecule has 3 N–H and O–H groups in total. The Labute approximate surface area is 82.9 Å². The first-order valence-corrected chi connectivity index (χ1v) is 5.86. The maximum absolute atomic E-state index is 13.0. The zero-order chi connectivity index (χ0) is 11.6. The molecule has 0 saturated heterocycles. The third kappa shape index (κ3) is 6.79. The molecule has 0 heterocycles. The number of nitrogens with two attached hydrogens (primary N) is 1. The Morgan fingerprint density at radius 3 is 2.29 bits per heavy atom. The van der Waals surface area contributed by atoms with Crippen molar-refractivity contribution in [2.45, 2.75) is 32.0 Å². The van der Waals surface area contributed by atoms with Crippen molar-refractivity contribution in [3.63, 3.8) is 0 Å². The molecule has 1 atom stereocenters. The molecule has 0 aromatic carbocycles. The quantitative estimate of drug-likeness (QED) is 0.678. The lowest BCUT2D eigenvalue weighted by molar-refractivity contribution is -0.121. The van der Waals surface area contributed by atoms with Crippen molar-refractivity contribution in [3.05, 3.63) is 0 Å². The van der Waals surface area contributed by atoms with Gasteiger partial charge < -0.3 is 5.73 Å². The summed E-state index contributed by atoms with van der Waals surface area (Å²) in [6, 6.07) is -1.16. The number of nitrogens with one attached hydrogen (secondary N) is 1. The van der Waals surface area contributed by atoms with Crippen LogP contribution in [0.1, 0.15) is 20.3 Å². The monoisotopic (exact) mass is 226 g/mol. The molecule has 0 unspecified atom stereocenters. The van der Waals surface area contributed by atoms with E-state index in [1.807, 2.05) is 0 Å². The lowest BCUT2D eigenvalue weighted by Crippen LogP contribution is -2.45. The first-order chi connectivity index (χ1) is 6.01. The van der Waals surface area contributed by atoms with E-state index in [4.69, 9.17) is 5.73 Å². The van der Waals surface area contributed by atoms with E-state index in [2.05, 4.69) is 0 Å². The number of hydrogen-bond acceptors (Lipinski definition) is 4. The Kier molecular flexibility index (Phi) is 4.01. The molecule has 0 bridgehead atoms. The highest BCUT2D eigenvalue weighted by Crippen LogP contribution is 2.15. The zero-order valence-electron chi connectivity index (χ0n) is 8.37. The number of carbonyl (C=O) groups is 1. The lowest BCUT2D eigenvalue weighted by atomic mass is 10.0. The Morgan fingerprint density at radius 2 is 2.00 bits per heavy atom. The van der Waals surface area contributed by atoms with Crippen LogP contribution in [-0.4, -0.2) is 32.3 Å². The third-order valence-corrected chi connectivity index (χ3v) is 1.90. The number of rotatable bonds is 4. The van der Waals surface area contributed by atoms with Crippen LogP contribution in [0.25, 0.3) is 0 Å². The number of halogens is 1. The number of amides is 1. The van der Waals surface area contributed by atoms with E-state index >= 15 is 0 Å². The number of alkyl halides is 1. The maximum Gasteiger partial charge on any atom is 0.250 e. The minimum Gasteiger partial charge on any atom is -0.320 e. The van der Waals surface area contributed by atoms with Gasteiger partial charge in [-0.25, -0.2) is 12.8 Å². The fourth-order valence-corrected chi connectivity index (χ4v) is 1.39. The normalized spacial score (nSPS) is 14.9. The molecule has 0 fully saturated rings. The van der Waals surface area contributed by atoms with Crippen LogP contribution < -0.4 is 10.5 Å². The van der Waals surface area contributed by atoms with Crippen LogP contribution >= 0.6 is 0 Å². The molecular formula is C7H15FN2O3S. The fourth-order valence-electron chi connectivity index (χ4n) is 0.874. The largest absolute Gasteiger partial charge is 0.320 e. The molecule has 7 heteroatoms. The molecule has 0 aromatic rings. The molecule has 0 aromatic heterocycles. The minimum absolute atomic E-state index is 0.228. The topological polar surface area (TPSA) is 89.3 Å². The molecular weight excluding hydrogens is 211 g/mol. The number of carbonyl (C=O) groups excluding carboxylic acids is 1. The zero-order valence-corrected chi connectivity index (χ0v) is 9.19. The summed E-state index contributed by atoms with van der Waals surface area (Å²) in [6.07, 6.45) is 0.604. The van der Waals surface area contributed by atoms with Crippen LogP contribution in [0.5, 0.6) is 0 Å². The van der Waals surface area contributed by atoms with Gasteiger partial charge in [0.15, 0.2) is 0 Å². The average Bonchev–Trinajstić information content (AvgIpc) is 1.78. The summed E-state index contributed by atoms with van der Waals surface area (Å²) in [5.74, 6) is -0.891. The maximum atomic E-state index is 13.0. The van der Waals surface area contributed by atoms with E-state index in [0.29, 0.717) is 0 Å². The summed E-state index contributed by atoms with van der Waals surface area (Å²) in [7, 11) is -3.63. The van der Waals surface area contributed by atoms with Crippen LogP contribution in [0.3, 0.4) is 0 Å². The standard InChI is InChI=1S/C7H15FN2O3S/c1-7(2,8)4-5(9)6(11)10-14(3,12)13/h5H,4,9H2,1-3H3,(H,10,11)/t5-/m0/s1. The first-order valence-electron chi connectivity index (χ1n) is 3.97. The average molecular weight is 226 g/mol. The van der Waals surface area contributed by atoms with Gasteiger partial charge in [-0.15, -0.1) is 0 Å². The van der Waals surface area contributed by atoms with Gasteiger partial charge in [-0.05, 0) is 13.8 Å². The van der Waals surface area contributed by atoms with Gasteiger partial charge in [-0.1, -0.05) is 0 Å². The second kappa shape index (κ2) is 4.22. The predicted molar refractivity (Wildman–Crippen MR) is 50.8 cm³/mol. The summed E-state index contributed by atoms with van der Waals surface area (Å²) in [6.45, 7) is 2.53. The Morgan fingerprint density at radius 1 is 1.57 bits per heavy atom. The van der Waals surface area contributed by atoms with Gasteiger partial charge in [0.25, 0.3) is 0 Å². The van der Waals surface area contributed by atoms with Gasteiger partial charge in [-0.2, -0.15) is 0 Å². The fraction of sp³-hybridized carbons (Fsp3) is 0.857. The first kappa shape index (κ1) is 13.3. The smallest absolute Gasteiger partial charge is 0.250 e. The van der Waals surface area contributed by atoms with Crippen molar-refractivity contribution in [1.82, 2.24) is 4.72 Å². The summed E-state index contributed by atoms with van der Waals surface area (Å²) in [5.41, 5.74) is 3.69. The predicted octanol–water partition coefficient (Wildman–Crippen LogP) is -0.472. The van der Waals surface area contributed by atoms with Gasteiger partial charge in [0.2, 0.25) is 15.9 Å². The Balaban J connectivity index is 4.29. The highest BCUT2D eigenvalue weighted by molar-refractivity contribution is 7.89. The van der Waals surface area contributed by atoms with Crippen LogP contribution in [0.4, 0.5) is 4.39 Å². The SMILES string of the molecule is CC(C)(F)C[C@H](N)C(=O)NS(C)(=O)=O. The summed E-state index contributed by atoms with van der Waals surface area (Å²) >= 11 is 0. The molecule has 0 aliphatic heterocycles. The second-order valence-corrected chi connectivity index (χ2v) is 5.52. The van der Waals surface area contributed by atoms with Crippen molar-refractivity contribution >= 4 is 15.9 Å². The third-order valence-electron chi connectivity index (χ3n) is 1.33. The van der Waals surface area contributed by atoms with E-state index in [-0.39, 0.29) is 6.42 Å². The summed E-state index contributed by atoms with van der Waals surface area (Å²) in [5, 5.41) is 0. The molecule has 14 heavy (non-hydrogen) atoms.